The average Bonchev–Trinajstić information content (AvgIpc) is 3.19. The zero-order valence-corrected chi connectivity index (χ0v) is 10.6. The number of pyridine rings is 1. The van der Waals surface area contributed by atoms with Gasteiger partial charge in [-0.2, -0.15) is 0 Å². The van der Waals surface area contributed by atoms with Crippen LogP contribution >= 0.6 is 0 Å². The normalized spacial score (nSPS) is 14.2. The summed E-state index contributed by atoms with van der Waals surface area (Å²) < 4.78 is 0. The molecule has 0 bridgehead atoms. The lowest BCUT2D eigenvalue weighted by Gasteiger charge is -2.21. The van der Waals surface area contributed by atoms with Crippen molar-refractivity contribution in [2.24, 2.45) is 5.92 Å². The van der Waals surface area contributed by atoms with Crippen LogP contribution in [-0.4, -0.2) is 34.1 Å². The lowest BCUT2D eigenvalue weighted by molar-refractivity contribution is -0.384. The Kier molecular flexibility index (Phi) is 3.64. The van der Waals surface area contributed by atoms with Crippen molar-refractivity contribution in [3.63, 3.8) is 0 Å². The Bertz CT molecular complexity index is 514. The van der Waals surface area contributed by atoms with E-state index in [4.69, 9.17) is 5.11 Å². The standard InChI is InChI=1S/C12H15N3O4/c1-2-14(7-8-3-4-8)11-10(15(18)19)6-5-9(13-11)12(16)17/h5-6,8H,2-4,7H2,1H3,(H,16,17). The predicted octanol–water partition coefficient (Wildman–Crippen LogP) is 1.92. The van der Waals surface area contributed by atoms with E-state index in [0.29, 0.717) is 19.0 Å². The molecule has 7 nitrogen and oxygen atoms in total. The number of anilines is 1. The van der Waals surface area contributed by atoms with E-state index in [1.165, 1.54) is 6.07 Å². The molecule has 0 unspecified atom stereocenters. The van der Waals surface area contributed by atoms with Crippen LogP contribution in [0.5, 0.6) is 0 Å². The molecule has 7 heteroatoms. The molecule has 0 radical (unpaired) electrons. The van der Waals surface area contributed by atoms with Crippen molar-refractivity contribution in [3.8, 4) is 0 Å². The fraction of sp³-hybridized carbons (Fsp3) is 0.500. The second kappa shape index (κ2) is 5.21. The third-order valence-corrected chi connectivity index (χ3v) is 3.13. The van der Waals surface area contributed by atoms with Crippen molar-refractivity contribution < 1.29 is 14.8 Å². The third kappa shape index (κ3) is 2.98. The van der Waals surface area contributed by atoms with Crippen LogP contribution in [0.15, 0.2) is 12.1 Å². The zero-order chi connectivity index (χ0) is 14.0. The summed E-state index contributed by atoms with van der Waals surface area (Å²) in [5.41, 5.74) is -0.317. The summed E-state index contributed by atoms with van der Waals surface area (Å²) in [6.45, 7) is 3.13. The van der Waals surface area contributed by atoms with E-state index >= 15 is 0 Å². The quantitative estimate of drug-likeness (QED) is 0.623. The molecule has 0 atom stereocenters. The number of nitrogens with zero attached hydrogens (tertiary/aromatic N) is 3. The van der Waals surface area contributed by atoms with Crippen LogP contribution in [-0.2, 0) is 0 Å². The Balaban J connectivity index is 2.39. The van der Waals surface area contributed by atoms with Gasteiger partial charge in [0.2, 0.25) is 5.82 Å². The number of rotatable bonds is 6. The maximum atomic E-state index is 11.0. The van der Waals surface area contributed by atoms with Gasteiger partial charge in [0.25, 0.3) is 0 Å². The first kappa shape index (κ1) is 13.3. The summed E-state index contributed by atoms with van der Waals surface area (Å²) in [5, 5.41) is 20.0. The topological polar surface area (TPSA) is 96.6 Å². The van der Waals surface area contributed by atoms with Gasteiger partial charge in [0, 0.05) is 19.2 Å². The van der Waals surface area contributed by atoms with Gasteiger partial charge in [-0.3, -0.25) is 10.1 Å². The van der Waals surface area contributed by atoms with Gasteiger partial charge in [-0.15, -0.1) is 0 Å². The van der Waals surface area contributed by atoms with Gasteiger partial charge < -0.3 is 10.0 Å². The summed E-state index contributed by atoms with van der Waals surface area (Å²) in [5.74, 6) is -0.493. The highest BCUT2D eigenvalue weighted by Crippen LogP contribution is 2.33. The summed E-state index contributed by atoms with van der Waals surface area (Å²) in [6.07, 6.45) is 2.23. The van der Waals surface area contributed by atoms with Crippen LogP contribution in [0, 0.1) is 16.0 Å². The second-order valence-corrected chi connectivity index (χ2v) is 4.58. The molecule has 0 amide bonds. The van der Waals surface area contributed by atoms with Crippen LogP contribution in [0.25, 0.3) is 0 Å². The molecule has 1 saturated carbocycles. The highest BCUT2D eigenvalue weighted by Gasteiger charge is 2.28. The first-order valence-corrected chi connectivity index (χ1v) is 6.16. The Labute approximate surface area is 110 Å². The molecule has 1 aromatic heterocycles. The largest absolute Gasteiger partial charge is 0.477 e. The van der Waals surface area contributed by atoms with E-state index in [1.807, 2.05) is 6.92 Å². The second-order valence-electron chi connectivity index (χ2n) is 4.58. The predicted molar refractivity (Wildman–Crippen MR) is 68.5 cm³/mol. The third-order valence-electron chi connectivity index (χ3n) is 3.13. The molecule has 1 N–H and O–H groups in total. The van der Waals surface area contributed by atoms with Crippen molar-refractivity contribution in [2.45, 2.75) is 19.8 Å². The molecule has 0 aliphatic heterocycles. The van der Waals surface area contributed by atoms with E-state index < -0.39 is 10.9 Å². The summed E-state index contributed by atoms with van der Waals surface area (Å²) in [6, 6.07) is 2.37. The highest BCUT2D eigenvalue weighted by molar-refractivity contribution is 5.86. The number of carboxylic acid groups (broad SMARTS) is 1. The van der Waals surface area contributed by atoms with Crippen LogP contribution in [0.3, 0.4) is 0 Å². The molecule has 19 heavy (non-hydrogen) atoms. The number of hydrogen-bond acceptors (Lipinski definition) is 5. The van der Waals surface area contributed by atoms with Gasteiger partial charge in [-0.25, -0.2) is 9.78 Å². The van der Waals surface area contributed by atoms with Crippen molar-refractivity contribution in [1.82, 2.24) is 4.98 Å². The van der Waals surface area contributed by atoms with Gasteiger partial charge in [-0.05, 0) is 31.7 Å². The minimum atomic E-state index is -1.18. The van der Waals surface area contributed by atoms with Crippen molar-refractivity contribution >= 4 is 17.5 Å². The minimum absolute atomic E-state index is 0.146. The number of aromatic nitrogens is 1. The molecule has 102 valence electrons. The van der Waals surface area contributed by atoms with Crippen LogP contribution < -0.4 is 4.90 Å². The number of carboxylic acids is 1. The minimum Gasteiger partial charge on any atom is -0.477 e. The van der Waals surface area contributed by atoms with Crippen LogP contribution in [0.2, 0.25) is 0 Å². The van der Waals surface area contributed by atoms with E-state index in [-0.39, 0.29) is 17.2 Å². The lowest BCUT2D eigenvalue weighted by Crippen LogP contribution is -2.27. The molecular formula is C12H15N3O4. The van der Waals surface area contributed by atoms with Gasteiger partial charge in [-0.1, -0.05) is 0 Å². The molecule has 2 rings (SSSR count). The van der Waals surface area contributed by atoms with Gasteiger partial charge in [0.05, 0.1) is 4.92 Å². The number of hydrogen-bond donors (Lipinski definition) is 1. The molecule has 1 aliphatic carbocycles. The zero-order valence-electron chi connectivity index (χ0n) is 10.6. The van der Waals surface area contributed by atoms with Gasteiger partial charge in [0.1, 0.15) is 0 Å². The number of carbonyl (C=O) groups is 1. The smallest absolute Gasteiger partial charge is 0.354 e. The Morgan fingerprint density at radius 3 is 2.74 bits per heavy atom. The lowest BCUT2D eigenvalue weighted by atomic mass is 10.2. The molecule has 1 heterocycles. The number of aromatic carboxylic acids is 1. The monoisotopic (exact) mass is 265 g/mol. The fourth-order valence-electron chi connectivity index (χ4n) is 1.91. The Morgan fingerprint density at radius 1 is 1.58 bits per heavy atom. The van der Waals surface area contributed by atoms with Gasteiger partial charge in [0.15, 0.2) is 5.69 Å². The summed E-state index contributed by atoms with van der Waals surface area (Å²) >= 11 is 0. The van der Waals surface area contributed by atoms with E-state index in [9.17, 15) is 14.9 Å². The number of nitro groups is 1. The molecule has 1 fully saturated rings. The van der Waals surface area contributed by atoms with E-state index in [0.717, 1.165) is 18.9 Å². The van der Waals surface area contributed by atoms with Crippen molar-refractivity contribution in [2.75, 3.05) is 18.0 Å². The van der Waals surface area contributed by atoms with Gasteiger partial charge >= 0.3 is 11.7 Å². The maximum Gasteiger partial charge on any atom is 0.354 e. The van der Waals surface area contributed by atoms with Crippen LogP contribution in [0.4, 0.5) is 11.5 Å². The van der Waals surface area contributed by atoms with Crippen LogP contribution in [0.1, 0.15) is 30.3 Å². The maximum absolute atomic E-state index is 11.0. The SMILES string of the molecule is CCN(CC1CC1)c1nc(C(=O)O)ccc1[N+](=O)[O-]. The molecule has 0 aromatic carbocycles. The Morgan fingerprint density at radius 2 is 2.26 bits per heavy atom. The molecular weight excluding hydrogens is 250 g/mol. The molecule has 0 saturated heterocycles. The first-order chi connectivity index (χ1) is 9.02. The summed E-state index contributed by atoms with van der Waals surface area (Å²) in [4.78, 5) is 27.1. The molecule has 0 spiro atoms. The van der Waals surface area contributed by atoms with E-state index in [2.05, 4.69) is 4.98 Å². The Hall–Kier alpha value is -2.18. The van der Waals surface area contributed by atoms with Crippen molar-refractivity contribution in [3.05, 3.63) is 27.9 Å². The first-order valence-electron chi connectivity index (χ1n) is 6.16. The highest BCUT2D eigenvalue weighted by atomic mass is 16.6. The average molecular weight is 265 g/mol. The fourth-order valence-corrected chi connectivity index (χ4v) is 1.91. The molecule has 1 aromatic rings. The van der Waals surface area contributed by atoms with Crippen molar-refractivity contribution in [1.29, 1.82) is 0 Å². The van der Waals surface area contributed by atoms with E-state index in [1.54, 1.807) is 4.90 Å². The summed E-state index contributed by atoms with van der Waals surface area (Å²) in [7, 11) is 0. The molecule has 1 aliphatic rings.